The van der Waals surface area contributed by atoms with Gasteiger partial charge in [-0.1, -0.05) is 35.5 Å². The molecule has 2 aromatic heterocycles. The highest BCUT2D eigenvalue weighted by atomic mass is 16.5. The van der Waals surface area contributed by atoms with Crippen molar-refractivity contribution in [2.24, 2.45) is 5.73 Å². The van der Waals surface area contributed by atoms with Crippen molar-refractivity contribution in [2.45, 2.75) is 19.5 Å². The van der Waals surface area contributed by atoms with E-state index in [2.05, 4.69) is 10.1 Å². The predicted molar refractivity (Wildman–Crippen MR) is 75.0 cm³/mol. The lowest BCUT2D eigenvalue weighted by molar-refractivity contribution is 0.371. The molecule has 0 amide bonds. The molecule has 5 heteroatoms. The number of hydrogen-bond donors (Lipinski definition) is 1. The first-order valence-electron chi connectivity index (χ1n) is 6.47. The molecule has 1 atom stereocenters. The number of nitrogens with two attached hydrogens (primary N) is 1. The highest BCUT2D eigenvalue weighted by Gasteiger charge is 2.14. The first kappa shape index (κ1) is 12.6. The molecule has 0 aliphatic rings. The van der Waals surface area contributed by atoms with Gasteiger partial charge in [-0.2, -0.15) is 0 Å². The molecule has 1 aromatic carbocycles. The van der Waals surface area contributed by atoms with Gasteiger partial charge in [0, 0.05) is 6.07 Å². The molecule has 0 spiro atoms. The Hall–Kier alpha value is -2.40. The van der Waals surface area contributed by atoms with Crippen molar-refractivity contribution in [1.82, 2.24) is 14.7 Å². The van der Waals surface area contributed by atoms with Crippen molar-refractivity contribution < 1.29 is 4.52 Å². The van der Waals surface area contributed by atoms with E-state index < -0.39 is 0 Å². The highest BCUT2D eigenvalue weighted by molar-refractivity contribution is 5.26. The summed E-state index contributed by atoms with van der Waals surface area (Å²) in [6, 6.07) is 11.7. The molecule has 3 aromatic rings. The van der Waals surface area contributed by atoms with Crippen LogP contribution in [0.3, 0.4) is 0 Å². The molecule has 0 fully saturated rings. The zero-order valence-electron chi connectivity index (χ0n) is 11.2. The number of aromatic nitrogens is 3. The second-order valence-electron chi connectivity index (χ2n) is 4.77. The van der Waals surface area contributed by atoms with Crippen LogP contribution in [-0.4, -0.2) is 14.7 Å². The summed E-state index contributed by atoms with van der Waals surface area (Å²) in [5.74, 6) is 0.794. The normalized spacial score (nSPS) is 12.5. The third-order valence-electron chi connectivity index (χ3n) is 3.22. The maximum absolute atomic E-state index is 6.31. The molecule has 0 saturated heterocycles. The Morgan fingerprint density at radius 3 is 2.80 bits per heavy atom. The molecule has 5 nitrogen and oxygen atoms in total. The Morgan fingerprint density at radius 2 is 2.10 bits per heavy atom. The second-order valence-corrected chi connectivity index (χ2v) is 4.77. The molecule has 3 rings (SSSR count). The maximum atomic E-state index is 6.31. The number of rotatable bonds is 4. The monoisotopic (exact) mass is 268 g/mol. The molecule has 0 aliphatic carbocycles. The molecule has 2 N–H and O–H groups in total. The van der Waals surface area contributed by atoms with Gasteiger partial charge in [-0.25, -0.2) is 4.98 Å². The van der Waals surface area contributed by atoms with E-state index in [1.807, 2.05) is 47.9 Å². The molecular formula is C15H16N4O. The molecule has 102 valence electrons. The van der Waals surface area contributed by atoms with Crippen molar-refractivity contribution >= 4 is 0 Å². The van der Waals surface area contributed by atoms with E-state index in [4.69, 9.17) is 10.3 Å². The Kier molecular flexibility index (Phi) is 3.35. The average Bonchev–Trinajstić information content (AvgIpc) is 3.09. The molecule has 0 bridgehead atoms. The Morgan fingerprint density at radius 1 is 1.30 bits per heavy atom. The summed E-state index contributed by atoms with van der Waals surface area (Å²) in [4.78, 5) is 4.19. The number of aryl methyl sites for hydroxylation is 1. The van der Waals surface area contributed by atoms with E-state index >= 15 is 0 Å². The summed E-state index contributed by atoms with van der Waals surface area (Å²) in [6.07, 6.45) is 3.55. The van der Waals surface area contributed by atoms with Crippen LogP contribution in [0.2, 0.25) is 0 Å². The van der Waals surface area contributed by atoms with Crippen LogP contribution in [0.5, 0.6) is 0 Å². The van der Waals surface area contributed by atoms with E-state index in [0.29, 0.717) is 6.54 Å². The van der Waals surface area contributed by atoms with Crippen molar-refractivity contribution in [1.29, 1.82) is 0 Å². The Bertz CT molecular complexity index is 687. The smallest absolute Gasteiger partial charge is 0.156 e. The Balaban J connectivity index is 1.86. The number of imidazole rings is 1. The summed E-state index contributed by atoms with van der Waals surface area (Å²) < 4.78 is 7.22. The topological polar surface area (TPSA) is 69.9 Å². The van der Waals surface area contributed by atoms with Crippen molar-refractivity contribution in [2.75, 3.05) is 0 Å². The van der Waals surface area contributed by atoms with Gasteiger partial charge < -0.3 is 14.8 Å². The zero-order valence-corrected chi connectivity index (χ0v) is 11.2. The van der Waals surface area contributed by atoms with Crippen LogP contribution in [0.4, 0.5) is 0 Å². The van der Waals surface area contributed by atoms with Crippen LogP contribution in [-0.2, 0) is 6.54 Å². The van der Waals surface area contributed by atoms with Gasteiger partial charge in [0.1, 0.15) is 0 Å². The summed E-state index contributed by atoms with van der Waals surface area (Å²) in [6.45, 7) is 2.48. The van der Waals surface area contributed by atoms with Crippen LogP contribution in [0.1, 0.15) is 28.8 Å². The average molecular weight is 268 g/mol. The summed E-state index contributed by atoms with van der Waals surface area (Å²) in [7, 11) is 0. The molecule has 2 heterocycles. The molecule has 1 unspecified atom stereocenters. The SMILES string of the molecule is Cc1cc(Cn2cncc2C(N)c2ccccc2)on1. The third-order valence-corrected chi connectivity index (χ3v) is 3.22. The molecule has 0 radical (unpaired) electrons. The molecule has 0 saturated carbocycles. The standard InChI is InChI=1S/C15H16N4O/c1-11-7-13(20-18-11)9-19-10-17-8-14(19)15(16)12-5-3-2-4-6-12/h2-8,10,15H,9,16H2,1H3. The largest absolute Gasteiger partial charge is 0.359 e. The number of nitrogens with zero attached hydrogens (tertiary/aromatic N) is 3. The summed E-state index contributed by atoms with van der Waals surface area (Å²) in [5.41, 5.74) is 9.19. The van der Waals surface area contributed by atoms with Gasteiger partial charge in [-0.15, -0.1) is 0 Å². The minimum atomic E-state index is -0.206. The molecule has 0 aliphatic heterocycles. The lowest BCUT2D eigenvalue weighted by Crippen LogP contribution is -2.16. The lowest BCUT2D eigenvalue weighted by Gasteiger charge is -2.14. The zero-order chi connectivity index (χ0) is 13.9. The fourth-order valence-corrected chi connectivity index (χ4v) is 2.21. The minimum absolute atomic E-state index is 0.206. The predicted octanol–water partition coefficient (Wildman–Crippen LogP) is 2.28. The first-order valence-corrected chi connectivity index (χ1v) is 6.47. The van der Waals surface area contributed by atoms with Gasteiger partial charge in [0.05, 0.1) is 36.5 Å². The third kappa shape index (κ3) is 2.48. The number of benzene rings is 1. The van der Waals surface area contributed by atoms with Gasteiger partial charge in [0.2, 0.25) is 0 Å². The highest BCUT2D eigenvalue weighted by Crippen LogP contribution is 2.20. The van der Waals surface area contributed by atoms with Gasteiger partial charge in [-0.05, 0) is 12.5 Å². The van der Waals surface area contributed by atoms with Crippen LogP contribution < -0.4 is 5.73 Å². The minimum Gasteiger partial charge on any atom is -0.359 e. The summed E-state index contributed by atoms with van der Waals surface area (Å²) >= 11 is 0. The van der Waals surface area contributed by atoms with Crippen LogP contribution in [0, 0.1) is 6.92 Å². The second kappa shape index (κ2) is 5.30. The lowest BCUT2D eigenvalue weighted by atomic mass is 10.1. The van der Waals surface area contributed by atoms with E-state index in [1.165, 1.54) is 0 Å². The first-order chi connectivity index (χ1) is 9.74. The fourth-order valence-electron chi connectivity index (χ4n) is 2.21. The number of hydrogen-bond acceptors (Lipinski definition) is 4. The van der Waals surface area contributed by atoms with Gasteiger partial charge >= 0.3 is 0 Å². The quantitative estimate of drug-likeness (QED) is 0.788. The van der Waals surface area contributed by atoms with Crippen molar-refractivity contribution in [3.63, 3.8) is 0 Å². The van der Waals surface area contributed by atoms with Gasteiger partial charge in [-0.3, -0.25) is 0 Å². The summed E-state index contributed by atoms with van der Waals surface area (Å²) in [5, 5.41) is 3.89. The van der Waals surface area contributed by atoms with E-state index in [1.54, 1.807) is 12.5 Å². The van der Waals surface area contributed by atoms with Crippen molar-refractivity contribution in [3.05, 3.63) is 71.6 Å². The maximum Gasteiger partial charge on any atom is 0.156 e. The van der Waals surface area contributed by atoms with Gasteiger partial charge in [0.25, 0.3) is 0 Å². The van der Waals surface area contributed by atoms with Crippen LogP contribution >= 0.6 is 0 Å². The van der Waals surface area contributed by atoms with E-state index in [0.717, 1.165) is 22.7 Å². The van der Waals surface area contributed by atoms with Crippen molar-refractivity contribution in [3.8, 4) is 0 Å². The fraction of sp³-hybridized carbons (Fsp3) is 0.200. The van der Waals surface area contributed by atoms with E-state index in [9.17, 15) is 0 Å². The van der Waals surface area contributed by atoms with Gasteiger partial charge in [0.15, 0.2) is 5.76 Å². The van der Waals surface area contributed by atoms with E-state index in [-0.39, 0.29) is 6.04 Å². The molecular weight excluding hydrogens is 252 g/mol. The molecule has 20 heavy (non-hydrogen) atoms. The van der Waals surface area contributed by atoms with Crippen LogP contribution in [0.25, 0.3) is 0 Å². The Labute approximate surface area is 117 Å². The van der Waals surface area contributed by atoms with Crippen LogP contribution in [0.15, 0.2) is 53.4 Å².